The minimum Gasteiger partial charge on any atom is -0.505 e. The van der Waals surface area contributed by atoms with Gasteiger partial charge in [-0.1, -0.05) is 15.9 Å². The second-order valence-corrected chi connectivity index (χ2v) is 3.00. The zero-order valence-electron chi connectivity index (χ0n) is 6.84. The molecular weight excluding hydrogens is 258 g/mol. The lowest BCUT2D eigenvalue weighted by Crippen LogP contribution is -1.97. The number of halogens is 3. The van der Waals surface area contributed by atoms with Crippen molar-refractivity contribution in [1.82, 2.24) is 4.98 Å². The van der Waals surface area contributed by atoms with E-state index >= 15 is 0 Å². The van der Waals surface area contributed by atoms with Crippen molar-refractivity contribution < 1.29 is 13.9 Å². The highest BCUT2D eigenvalue weighted by molar-refractivity contribution is 9.08. The molecule has 0 aliphatic rings. The second kappa shape index (κ2) is 4.33. The van der Waals surface area contributed by atoms with Crippen LogP contribution in [0, 0.1) is 11.3 Å². The summed E-state index contributed by atoms with van der Waals surface area (Å²) in [4.78, 5) is 3.50. The van der Waals surface area contributed by atoms with E-state index < -0.39 is 12.1 Å². The van der Waals surface area contributed by atoms with E-state index in [9.17, 15) is 13.9 Å². The molecule has 0 spiro atoms. The first-order chi connectivity index (χ1) is 6.60. The van der Waals surface area contributed by atoms with Crippen LogP contribution >= 0.6 is 15.9 Å². The number of nitrogens with zero attached hydrogens (tertiary/aromatic N) is 2. The van der Waals surface area contributed by atoms with Crippen molar-refractivity contribution >= 4 is 15.9 Å². The van der Waals surface area contributed by atoms with Gasteiger partial charge in [-0.15, -0.1) is 0 Å². The summed E-state index contributed by atoms with van der Waals surface area (Å²) in [7, 11) is 0. The Hall–Kier alpha value is -1.22. The Morgan fingerprint density at radius 1 is 1.64 bits per heavy atom. The highest BCUT2D eigenvalue weighted by Crippen LogP contribution is 2.27. The molecule has 0 unspecified atom stereocenters. The number of hydrogen-bond acceptors (Lipinski definition) is 3. The molecular formula is C8H5BrF2N2O. The molecule has 6 heteroatoms. The van der Waals surface area contributed by atoms with E-state index in [1.54, 1.807) is 6.07 Å². The summed E-state index contributed by atoms with van der Waals surface area (Å²) in [5.41, 5.74) is -0.655. The maximum absolute atomic E-state index is 12.3. The van der Waals surface area contributed by atoms with Gasteiger partial charge in [0.15, 0.2) is 5.75 Å². The SMILES string of the molecule is N#Cc1cc(C(F)F)nc(CBr)c1O. The largest absolute Gasteiger partial charge is 0.505 e. The third kappa shape index (κ3) is 1.99. The van der Waals surface area contributed by atoms with Gasteiger partial charge in [0.05, 0.1) is 11.3 Å². The molecule has 0 aromatic carbocycles. The Balaban J connectivity index is 3.34. The Bertz CT molecular complexity index is 390. The molecule has 1 heterocycles. The third-order valence-corrected chi connectivity index (χ3v) is 2.09. The molecule has 0 saturated carbocycles. The molecule has 14 heavy (non-hydrogen) atoms. The topological polar surface area (TPSA) is 56.9 Å². The smallest absolute Gasteiger partial charge is 0.280 e. The third-order valence-electron chi connectivity index (χ3n) is 1.56. The molecule has 74 valence electrons. The molecule has 0 saturated heterocycles. The maximum atomic E-state index is 12.3. The highest BCUT2D eigenvalue weighted by Gasteiger charge is 2.16. The van der Waals surface area contributed by atoms with E-state index in [0.29, 0.717) is 0 Å². The fraction of sp³-hybridized carbons (Fsp3) is 0.250. The van der Waals surface area contributed by atoms with E-state index in [1.807, 2.05) is 0 Å². The van der Waals surface area contributed by atoms with Crippen molar-refractivity contribution in [2.45, 2.75) is 11.8 Å². The van der Waals surface area contributed by atoms with Crippen LogP contribution in [0.25, 0.3) is 0 Å². The van der Waals surface area contributed by atoms with Gasteiger partial charge >= 0.3 is 0 Å². The Labute approximate surface area is 87.1 Å². The monoisotopic (exact) mass is 262 g/mol. The van der Waals surface area contributed by atoms with Crippen molar-refractivity contribution in [2.24, 2.45) is 0 Å². The van der Waals surface area contributed by atoms with Gasteiger partial charge in [-0.05, 0) is 6.07 Å². The highest BCUT2D eigenvalue weighted by atomic mass is 79.9. The van der Waals surface area contributed by atoms with Gasteiger partial charge in [-0.25, -0.2) is 13.8 Å². The summed E-state index contributed by atoms with van der Waals surface area (Å²) in [6.07, 6.45) is -2.75. The van der Waals surface area contributed by atoms with Gasteiger partial charge < -0.3 is 5.11 Å². The van der Waals surface area contributed by atoms with Crippen LogP contribution in [0.1, 0.15) is 23.4 Å². The number of alkyl halides is 3. The van der Waals surface area contributed by atoms with E-state index in [0.717, 1.165) is 6.07 Å². The summed E-state index contributed by atoms with van der Waals surface area (Å²) in [6, 6.07) is 2.50. The van der Waals surface area contributed by atoms with Gasteiger partial charge in [0.25, 0.3) is 6.43 Å². The van der Waals surface area contributed by atoms with Crippen molar-refractivity contribution in [1.29, 1.82) is 5.26 Å². The van der Waals surface area contributed by atoms with Crippen LogP contribution in [-0.4, -0.2) is 10.1 Å². The molecule has 0 bridgehead atoms. The minimum atomic E-state index is -2.75. The lowest BCUT2D eigenvalue weighted by Gasteiger charge is -2.05. The zero-order chi connectivity index (χ0) is 10.7. The number of aromatic hydroxyl groups is 1. The number of rotatable bonds is 2. The summed E-state index contributed by atoms with van der Waals surface area (Å²) < 4.78 is 24.5. The fourth-order valence-corrected chi connectivity index (χ4v) is 1.29. The quantitative estimate of drug-likeness (QED) is 0.834. The van der Waals surface area contributed by atoms with Crippen LogP contribution in [0.5, 0.6) is 5.75 Å². The van der Waals surface area contributed by atoms with Crippen LogP contribution in [0.4, 0.5) is 8.78 Å². The van der Waals surface area contributed by atoms with E-state index in [1.165, 1.54) is 0 Å². The van der Waals surface area contributed by atoms with Crippen LogP contribution in [-0.2, 0) is 5.33 Å². The second-order valence-electron chi connectivity index (χ2n) is 2.44. The van der Waals surface area contributed by atoms with Crippen molar-refractivity contribution in [3.05, 3.63) is 23.0 Å². The molecule has 0 aliphatic heterocycles. The van der Waals surface area contributed by atoms with Crippen LogP contribution in [0.3, 0.4) is 0 Å². The molecule has 3 nitrogen and oxygen atoms in total. The fourth-order valence-electron chi connectivity index (χ4n) is 0.903. The summed E-state index contributed by atoms with van der Waals surface area (Å²) >= 11 is 2.98. The number of hydrogen-bond donors (Lipinski definition) is 1. The van der Waals surface area contributed by atoms with E-state index in [-0.39, 0.29) is 22.3 Å². The summed E-state index contributed by atoms with van der Waals surface area (Å²) in [5, 5.41) is 18.0. The van der Waals surface area contributed by atoms with Gasteiger partial charge in [-0.2, -0.15) is 5.26 Å². The molecule has 0 atom stereocenters. The first kappa shape index (κ1) is 10.9. The van der Waals surface area contributed by atoms with Crippen LogP contribution < -0.4 is 0 Å². The van der Waals surface area contributed by atoms with E-state index in [4.69, 9.17) is 5.26 Å². The zero-order valence-corrected chi connectivity index (χ0v) is 8.42. The molecule has 0 aliphatic carbocycles. The number of nitriles is 1. The maximum Gasteiger partial charge on any atom is 0.280 e. The van der Waals surface area contributed by atoms with Crippen LogP contribution in [0.2, 0.25) is 0 Å². The predicted octanol–water partition coefficient (Wildman–Crippen LogP) is 2.49. The molecule has 0 amide bonds. The van der Waals surface area contributed by atoms with Gasteiger partial charge in [0.2, 0.25) is 0 Å². The standard InChI is InChI=1S/C8H5BrF2N2O/c9-2-6-7(14)4(3-12)1-5(13-6)8(10)11/h1,8,14H,2H2. The van der Waals surface area contributed by atoms with Crippen molar-refractivity contribution in [3.8, 4) is 11.8 Å². The average Bonchev–Trinajstić information content (AvgIpc) is 2.17. The predicted molar refractivity (Wildman–Crippen MR) is 48.2 cm³/mol. The van der Waals surface area contributed by atoms with Gasteiger partial charge in [0.1, 0.15) is 11.8 Å². The Morgan fingerprint density at radius 2 is 2.29 bits per heavy atom. The number of aromatic nitrogens is 1. The molecule has 1 aromatic heterocycles. The van der Waals surface area contributed by atoms with Crippen molar-refractivity contribution in [3.63, 3.8) is 0 Å². The Morgan fingerprint density at radius 3 is 2.71 bits per heavy atom. The first-order valence-electron chi connectivity index (χ1n) is 3.57. The van der Waals surface area contributed by atoms with Gasteiger partial charge in [0, 0.05) is 5.33 Å². The first-order valence-corrected chi connectivity index (χ1v) is 4.69. The van der Waals surface area contributed by atoms with Gasteiger partial charge in [-0.3, -0.25) is 0 Å². The molecule has 0 fully saturated rings. The summed E-state index contributed by atoms with van der Waals surface area (Å²) in [6.45, 7) is 0. The Kier molecular flexibility index (Phi) is 3.36. The lowest BCUT2D eigenvalue weighted by molar-refractivity contribution is 0.145. The van der Waals surface area contributed by atoms with Crippen LogP contribution in [0.15, 0.2) is 6.07 Å². The average molecular weight is 263 g/mol. The van der Waals surface area contributed by atoms with Crippen molar-refractivity contribution in [2.75, 3.05) is 0 Å². The molecule has 1 aromatic rings. The van der Waals surface area contributed by atoms with E-state index in [2.05, 4.69) is 20.9 Å². The number of pyridine rings is 1. The molecule has 0 radical (unpaired) electrons. The molecule has 1 N–H and O–H groups in total. The minimum absolute atomic E-state index is 0.0411. The lowest BCUT2D eigenvalue weighted by atomic mass is 10.2. The summed E-state index contributed by atoms with van der Waals surface area (Å²) in [5.74, 6) is -0.353. The normalized spacial score (nSPS) is 10.2. The molecule has 1 rings (SSSR count).